The van der Waals surface area contributed by atoms with Crippen molar-refractivity contribution in [3.05, 3.63) is 17.8 Å². The molecule has 2 aromatic rings. The highest BCUT2D eigenvalue weighted by atomic mass is 15.2. The molecule has 1 fully saturated rings. The van der Waals surface area contributed by atoms with Crippen LogP contribution in [0.4, 0.5) is 5.95 Å². The van der Waals surface area contributed by atoms with Gasteiger partial charge in [0.25, 0.3) is 0 Å². The first-order chi connectivity index (χ1) is 9.24. The van der Waals surface area contributed by atoms with Crippen molar-refractivity contribution in [1.82, 2.24) is 19.4 Å². The first kappa shape index (κ1) is 12.4. The van der Waals surface area contributed by atoms with Crippen molar-refractivity contribution in [3.63, 3.8) is 0 Å². The summed E-state index contributed by atoms with van der Waals surface area (Å²) in [6.45, 7) is 6.34. The molecule has 0 atom stereocenters. The number of nitrogens with two attached hydrogens (primary N) is 1. The van der Waals surface area contributed by atoms with Crippen LogP contribution < -0.4 is 5.73 Å². The lowest BCUT2D eigenvalue weighted by atomic mass is 10.1. The highest BCUT2D eigenvalue weighted by Crippen LogP contribution is 2.17. The number of likely N-dealkylation sites (tertiary alicyclic amines) is 1. The van der Waals surface area contributed by atoms with Crippen LogP contribution in [0.2, 0.25) is 0 Å². The van der Waals surface area contributed by atoms with Crippen molar-refractivity contribution >= 4 is 17.1 Å². The number of nitrogens with zero attached hydrogens (tertiary/aromatic N) is 4. The molecule has 1 aliphatic rings. The Morgan fingerprint density at radius 1 is 1.21 bits per heavy atom. The molecular formula is C14H21N5. The molecule has 1 saturated heterocycles. The molecule has 5 heteroatoms. The van der Waals surface area contributed by atoms with E-state index in [9.17, 15) is 0 Å². The van der Waals surface area contributed by atoms with Crippen molar-refractivity contribution in [2.75, 3.05) is 25.4 Å². The number of hydrogen-bond donors (Lipinski definition) is 1. The Morgan fingerprint density at radius 3 is 2.79 bits per heavy atom. The van der Waals surface area contributed by atoms with E-state index in [0.717, 1.165) is 29.8 Å². The number of hydrogen-bond acceptors (Lipinski definition) is 4. The second-order valence-electron chi connectivity index (χ2n) is 5.38. The molecule has 19 heavy (non-hydrogen) atoms. The summed E-state index contributed by atoms with van der Waals surface area (Å²) >= 11 is 0. The Kier molecular flexibility index (Phi) is 3.38. The van der Waals surface area contributed by atoms with Crippen molar-refractivity contribution in [2.45, 2.75) is 32.7 Å². The third-order valence-corrected chi connectivity index (χ3v) is 3.84. The molecule has 0 saturated carbocycles. The van der Waals surface area contributed by atoms with Crippen LogP contribution >= 0.6 is 0 Å². The molecule has 0 radical (unpaired) electrons. The topological polar surface area (TPSA) is 60.0 Å². The Hall–Kier alpha value is -1.62. The van der Waals surface area contributed by atoms with Crippen LogP contribution in [-0.4, -0.2) is 39.1 Å². The zero-order valence-electron chi connectivity index (χ0n) is 11.5. The van der Waals surface area contributed by atoms with E-state index in [1.807, 2.05) is 23.8 Å². The standard InChI is InChI=1S/C14H21N5/c1-11-9-12-13(16-10-11)19(14(15)17-12)8-7-18-5-3-2-4-6-18/h9-10H,2-8H2,1H3,(H2,15,17). The quantitative estimate of drug-likeness (QED) is 0.913. The first-order valence-electron chi connectivity index (χ1n) is 7.05. The van der Waals surface area contributed by atoms with Crippen molar-refractivity contribution < 1.29 is 0 Å². The molecule has 0 spiro atoms. The minimum atomic E-state index is 0.574. The van der Waals surface area contributed by atoms with Crippen LogP contribution in [0.1, 0.15) is 24.8 Å². The van der Waals surface area contributed by atoms with E-state index in [4.69, 9.17) is 5.73 Å². The van der Waals surface area contributed by atoms with E-state index in [2.05, 4.69) is 14.9 Å². The molecule has 2 aromatic heterocycles. The van der Waals surface area contributed by atoms with Crippen LogP contribution in [0.15, 0.2) is 12.3 Å². The number of imidazole rings is 1. The van der Waals surface area contributed by atoms with E-state index in [-0.39, 0.29) is 0 Å². The van der Waals surface area contributed by atoms with E-state index in [0.29, 0.717) is 5.95 Å². The van der Waals surface area contributed by atoms with Gasteiger partial charge in [-0.2, -0.15) is 0 Å². The Bertz CT molecular complexity index is 568. The van der Waals surface area contributed by atoms with Gasteiger partial charge in [0.1, 0.15) is 5.52 Å². The molecule has 0 amide bonds. The van der Waals surface area contributed by atoms with Crippen LogP contribution in [0.3, 0.4) is 0 Å². The third kappa shape index (κ3) is 2.56. The van der Waals surface area contributed by atoms with Crippen LogP contribution in [0, 0.1) is 6.92 Å². The number of nitrogen functional groups attached to an aromatic ring is 1. The van der Waals surface area contributed by atoms with Crippen LogP contribution in [0.5, 0.6) is 0 Å². The largest absolute Gasteiger partial charge is 0.369 e. The molecule has 0 aromatic carbocycles. The number of aryl methyl sites for hydroxylation is 1. The zero-order chi connectivity index (χ0) is 13.2. The fraction of sp³-hybridized carbons (Fsp3) is 0.571. The van der Waals surface area contributed by atoms with Crippen LogP contribution in [-0.2, 0) is 6.54 Å². The predicted molar refractivity (Wildman–Crippen MR) is 77.0 cm³/mol. The molecule has 102 valence electrons. The predicted octanol–water partition coefficient (Wildman–Crippen LogP) is 1.81. The normalized spacial score (nSPS) is 17.1. The van der Waals surface area contributed by atoms with Gasteiger partial charge in [0, 0.05) is 19.3 Å². The molecule has 0 bridgehead atoms. The van der Waals surface area contributed by atoms with Gasteiger partial charge in [0.05, 0.1) is 0 Å². The summed E-state index contributed by atoms with van der Waals surface area (Å²) in [5.41, 5.74) is 8.93. The summed E-state index contributed by atoms with van der Waals surface area (Å²) in [7, 11) is 0. The highest BCUT2D eigenvalue weighted by molar-refractivity contribution is 5.74. The summed E-state index contributed by atoms with van der Waals surface area (Å²) in [5, 5.41) is 0. The average Bonchev–Trinajstić information content (AvgIpc) is 2.72. The fourth-order valence-corrected chi connectivity index (χ4v) is 2.77. The van der Waals surface area contributed by atoms with Crippen molar-refractivity contribution in [2.24, 2.45) is 0 Å². The van der Waals surface area contributed by atoms with Gasteiger partial charge >= 0.3 is 0 Å². The summed E-state index contributed by atoms with van der Waals surface area (Å²) in [6, 6.07) is 2.04. The summed E-state index contributed by atoms with van der Waals surface area (Å²) < 4.78 is 2.03. The maximum absolute atomic E-state index is 6.01. The summed E-state index contributed by atoms with van der Waals surface area (Å²) in [4.78, 5) is 11.4. The molecule has 3 heterocycles. The summed E-state index contributed by atoms with van der Waals surface area (Å²) in [5.74, 6) is 0.574. The number of anilines is 1. The van der Waals surface area contributed by atoms with Gasteiger partial charge in [-0.15, -0.1) is 0 Å². The van der Waals surface area contributed by atoms with Gasteiger partial charge in [-0.1, -0.05) is 6.42 Å². The molecule has 0 unspecified atom stereocenters. The maximum atomic E-state index is 6.01. The number of piperidine rings is 1. The third-order valence-electron chi connectivity index (χ3n) is 3.84. The minimum absolute atomic E-state index is 0.574. The fourth-order valence-electron chi connectivity index (χ4n) is 2.77. The number of rotatable bonds is 3. The lowest BCUT2D eigenvalue weighted by Gasteiger charge is -2.26. The molecule has 3 rings (SSSR count). The Labute approximate surface area is 113 Å². The Balaban J connectivity index is 1.78. The van der Waals surface area contributed by atoms with E-state index in [1.165, 1.54) is 32.4 Å². The average molecular weight is 259 g/mol. The highest BCUT2D eigenvalue weighted by Gasteiger charge is 2.13. The summed E-state index contributed by atoms with van der Waals surface area (Å²) in [6.07, 6.45) is 5.88. The number of fused-ring (bicyclic) bond motifs is 1. The molecular weight excluding hydrogens is 238 g/mol. The van der Waals surface area contributed by atoms with Gasteiger partial charge in [-0.3, -0.25) is 4.57 Å². The van der Waals surface area contributed by atoms with Gasteiger partial charge in [0.2, 0.25) is 5.95 Å². The van der Waals surface area contributed by atoms with E-state index >= 15 is 0 Å². The van der Waals surface area contributed by atoms with E-state index in [1.54, 1.807) is 0 Å². The molecule has 5 nitrogen and oxygen atoms in total. The van der Waals surface area contributed by atoms with Gasteiger partial charge < -0.3 is 10.6 Å². The Morgan fingerprint density at radius 2 is 2.00 bits per heavy atom. The monoisotopic (exact) mass is 259 g/mol. The van der Waals surface area contributed by atoms with Crippen molar-refractivity contribution in [3.8, 4) is 0 Å². The lowest BCUT2D eigenvalue weighted by molar-refractivity contribution is 0.222. The number of pyridine rings is 1. The van der Waals surface area contributed by atoms with Crippen LogP contribution in [0.25, 0.3) is 11.2 Å². The second-order valence-corrected chi connectivity index (χ2v) is 5.38. The first-order valence-corrected chi connectivity index (χ1v) is 7.05. The SMILES string of the molecule is Cc1cnc2c(c1)nc(N)n2CCN1CCCCC1. The van der Waals surface area contributed by atoms with Gasteiger partial charge in [-0.05, 0) is 44.5 Å². The number of aromatic nitrogens is 3. The molecule has 2 N–H and O–H groups in total. The molecule has 1 aliphatic heterocycles. The second kappa shape index (κ2) is 5.17. The molecule has 0 aliphatic carbocycles. The van der Waals surface area contributed by atoms with E-state index < -0.39 is 0 Å². The van der Waals surface area contributed by atoms with Gasteiger partial charge in [-0.25, -0.2) is 9.97 Å². The van der Waals surface area contributed by atoms with Gasteiger partial charge in [0.15, 0.2) is 5.65 Å². The lowest BCUT2D eigenvalue weighted by Crippen LogP contribution is -2.32. The maximum Gasteiger partial charge on any atom is 0.202 e. The zero-order valence-corrected chi connectivity index (χ0v) is 11.5. The van der Waals surface area contributed by atoms with Crippen molar-refractivity contribution in [1.29, 1.82) is 0 Å². The minimum Gasteiger partial charge on any atom is -0.369 e. The smallest absolute Gasteiger partial charge is 0.202 e.